The molecule has 0 spiro atoms. The van der Waals surface area contributed by atoms with Gasteiger partial charge in [-0.25, -0.2) is 4.39 Å². The Balaban J connectivity index is 2.60. The van der Waals surface area contributed by atoms with Gasteiger partial charge in [-0.1, -0.05) is 30.3 Å². The van der Waals surface area contributed by atoms with Crippen molar-refractivity contribution in [3.8, 4) is 11.1 Å². The Morgan fingerprint density at radius 1 is 1.00 bits per heavy atom. The molecule has 2 rings (SSSR count). The summed E-state index contributed by atoms with van der Waals surface area (Å²) in [4.78, 5) is 0. The average Bonchev–Trinajstić information content (AvgIpc) is 2.27. The molecule has 0 atom stereocenters. The number of halogens is 1. The van der Waals surface area contributed by atoms with E-state index < -0.39 is 0 Å². The smallest absolute Gasteiger partial charge is 0.128 e. The van der Waals surface area contributed by atoms with Gasteiger partial charge in [0, 0.05) is 16.8 Å². The number of rotatable bonds is 1. The fourth-order valence-corrected chi connectivity index (χ4v) is 1.57. The number of hydrogen-bond donors (Lipinski definition) is 1. The van der Waals surface area contributed by atoms with Crippen molar-refractivity contribution >= 4 is 5.69 Å². The molecule has 2 aromatic carbocycles. The minimum absolute atomic E-state index is 0.257. The second-order valence-electron chi connectivity index (χ2n) is 3.50. The fourth-order valence-electron chi connectivity index (χ4n) is 1.57. The molecule has 0 aliphatic rings. The first-order valence-corrected chi connectivity index (χ1v) is 4.80. The molecule has 0 aliphatic carbocycles. The van der Waals surface area contributed by atoms with Crippen LogP contribution in [0.4, 0.5) is 10.1 Å². The average molecular weight is 201 g/mol. The molecule has 2 N–H and O–H groups in total. The van der Waals surface area contributed by atoms with Gasteiger partial charge < -0.3 is 5.73 Å². The van der Waals surface area contributed by atoms with Crippen molar-refractivity contribution < 1.29 is 4.39 Å². The van der Waals surface area contributed by atoms with E-state index in [9.17, 15) is 4.39 Å². The molecule has 0 heterocycles. The van der Waals surface area contributed by atoms with Crippen molar-refractivity contribution in [2.75, 3.05) is 5.73 Å². The Hall–Kier alpha value is -1.83. The van der Waals surface area contributed by atoms with E-state index >= 15 is 0 Å². The van der Waals surface area contributed by atoms with Crippen LogP contribution >= 0.6 is 0 Å². The highest BCUT2D eigenvalue weighted by molar-refractivity contribution is 5.78. The van der Waals surface area contributed by atoms with Crippen LogP contribution < -0.4 is 5.73 Å². The molecule has 0 aromatic heterocycles. The summed E-state index contributed by atoms with van der Waals surface area (Å²) in [6, 6.07) is 12.9. The third-order valence-corrected chi connectivity index (χ3v) is 2.53. The van der Waals surface area contributed by atoms with Crippen molar-refractivity contribution in [3.05, 3.63) is 53.8 Å². The zero-order valence-electron chi connectivity index (χ0n) is 8.50. The zero-order chi connectivity index (χ0) is 10.8. The van der Waals surface area contributed by atoms with E-state index in [2.05, 4.69) is 0 Å². The molecule has 0 radical (unpaired) electrons. The van der Waals surface area contributed by atoms with Gasteiger partial charge in [0.1, 0.15) is 5.82 Å². The van der Waals surface area contributed by atoms with E-state index in [0.29, 0.717) is 11.3 Å². The highest BCUT2D eigenvalue weighted by Gasteiger charge is 2.07. The Morgan fingerprint density at radius 3 is 2.33 bits per heavy atom. The first kappa shape index (κ1) is 9.71. The first-order chi connectivity index (χ1) is 7.20. The number of nitrogens with two attached hydrogens (primary N) is 1. The third kappa shape index (κ3) is 1.71. The van der Waals surface area contributed by atoms with Crippen LogP contribution in [0.1, 0.15) is 5.56 Å². The van der Waals surface area contributed by atoms with Gasteiger partial charge in [0.05, 0.1) is 0 Å². The molecule has 1 nitrogen and oxygen atoms in total. The summed E-state index contributed by atoms with van der Waals surface area (Å²) >= 11 is 0. The lowest BCUT2D eigenvalue weighted by atomic mass is 10.0. The van der Waals surface area contributed by atoms with Crippen molar-refractivity contribution in [1.29, 1.82) is 0 Å². The van der Waals surface area contributed by atoms with Crippen LogP contribution in [-0.4, -0.2) is 0 Å². The third-order valence-electron chi connectivity index (χ3n) is 2.53. The highest BCUT2D eigenvalue weighted by atomic mass is 19.1. The van der Waals surface area contributed by atoms with Crippen molar-refractivity contribution in [1.82, 2.24) is 0 Å². The normalized spacial score (nSPS) is 10.3. The minimum Gasteiger partial charge on any atom is -0.398 e. The molecular formula is C13H12FN. The number of hydrogen-bond acceptors (Lipinski definition) is 1. The lowest BCUT2D eigenvalue weighted by Gasteiger charge is -2.09. The summed E-state index contributed by atoms with van der Waals surface area (Å²) in [6.07, 6.45) is 0. The maximum Gasteiger partial charge on any atom is 0.128 e. The fraction of sp³-hybridized carbons (Fsp3) is 0.0769. The monoisotopic (exact) mass is 201 g/mol. The van der Waals surface area contributed by atoms with Crippen LogP contribution in [0.2, 0.25) is 0 Å². The van der Waals surface area contributed by atoms with E-state index in [1.165, 1.54) is 6.07 Å². The molecule has 0 fully saturated rings. The molecular weight excluding hydrogens is 189 g/mol. The van der Waals surface area contributed by atoms with Crippen molar-refractivity contribution in [2.24, 2.45) is 0 Å². The topological polar surface area (TPSA) is 26.0 Å². The number of anilines is 1. The van der Waals surface area contributed by atoms with Crippen LogP contribution in [-0.2, 0) is 0 Å². The highest BCUT2D eigenvalue weighted by Crippen LogP contribution is 2.29. The summed E-state index contributed by atoms with van der Waals surface area (Å²) in [7, 11) is 0. The molecule has 15 heavy (non-hydrogen) atoms. The van der Waals surface area contributed by atoms with Crippen LogP contribution in [0.25, 0.3) is 11.1 Å². The Morgan fingerprint density at radius 2 is 1.67 bits per heavy atom. The van der Waals surface area contributed by atoms with Gasteiger partial charge in [0.25, 0.3) is 0 Å². The van der Waals surface area contributed by atoms with Gasteiger partial charge in [-0.2, -0.15) is 0 Å². The predicted octanol–water partition coefficient (Wildman–Crippen LogP) is 3.38. The Kier molecular flexibility index (Phi) is 2.42. The summed E-state index contributed by atoms with van der Waals surface area (Å²) in [5.74, 6) is -0.257. The van der Waals surface area contributed by atoms with Gasteiger partial charge in [0.2, 0.25) is 0 Å². The molecule has 0 unspecified atom stereocenters. The van der Waals surface area contributed by atoms with Crippen LogP contribution in [0.15, 0.2) is 42.5 Å². The molecule has 0 bridgehead atoms. The van der Waals surface area contributed by atoms with Crippen molar-refractivity contribution in [3.63, 3.8) is 0 Å². The molecule has 2 heteroatoms. The van der Waals surface area contributed by atoms with Gasteiger partial charge >= 0.3 is 0 Å². The number of nitrogen functional groups attached to an aromatic ring is 1. The number of benzene rings is 2. The maximum absolute atomic E-state index is 13.2. The van der Waals surface area contributed by atoms with Gasteiger partial charge in [-0.3, -0.25) is 0 Å². The van der Waals surface area contributed by atoms with E-state index in [-0.39, 0.29) is 5.82 Å². The molecule has 0 aliphatic heterocycles. The summed E-state index contributed by atoms with van der Waals surface area (Å²) < 4.78 is 13.2. The van der Waals surface area contributed by atoms with Gasteiger partial charge in [-0.15, -0.1) is 0 Å². The molecule has 0 amide bonds. The molecule has 0 saturated carbocycles. The summed E-state index contributed by atoms with van der Waals surface area (Å²) in [6.45, 7) is 1.69. The Labute approximate surface area is 88.4 Å². The zero-order valence-corrected chi connectivity index (χ0v) is 8.50. The SMILES string of the molecule is Cc1c(F)ccc(-c2ccccc2)c1N. The van der Waals surface area contributed by atoms with Crippen LogP contribution in [0.3, 0.4) is 0 Å². The summed E-state index contributed by atoms with van der Waals surface area (Å²) in [5, 5.41) is 0. The largest absolute Gasteiger partial charge is 0.398 e. The van der Waals surface area contributed by atoms with Gasteiger partial charge in [0.15, 0.2) is 0 Å². The second-order valence-corrected chi connectivity index (χ2v) is 3.50. The minimum atomic E-state index is -0.257. The van der Waals surface area contributed by atoms with E-state index in [1.807, 2.05) is 30.3 Å². The quantitative estimate of drug-likeness (QED) is 0.703. The lowest BCUT2D eigenvalue weighted by Crippen LogP contribution is -1.96. The van der Waals surface area contributed by atoms with Gasteiger partial charge in [-0.05, 0) is 24.6 Å². The summed E-state index contributed by atoms with van der Waals surface area (Å²) in [5.41, 5.74) is 8.80. The van der Waals surface area contributed by atoms with Crippen molar-refractivity contribution in [2.45, 2.75) is 6.92 Å². The standard InChI is InChI=1S/C13H12FN/c1-9-12(14)8-7-11(13(9)15)10-5-3-2-4-6-10/h2-8H,15H2,1H3. The predicted molar refractivity (Wildman–Crippen MR) is 61.0 cm³/mol. The Bertz CT molecular complexity index is 477. The second kappa shape index (κ2) is 3.73. The van der Waals surface area contributed by atoms with E-state index in [0.717, 1.165) is 11.1 Å². The lowest BCUT2D eigenvalue weighted by molar-refractivity contribution is 0.619. The maximum atomic E-state index is 13.2. The molecule has 2 aromatic rings. The van der Waals surface area contributed by atoms with Crippen LogP contribution in [0, 0.1) is 12.7 Å². The van der Waals surface area contributed by atoms with E-state index in [4.69, 9.17) is 5.73 Å². The first-order valence-electron chi connectivity index (χ1n) is 4.80. The molecule has 76 valence electrons. The molecule has 0 saturated heterocycles. The van der Waals surface area contributed by atoms with E-state index in [1.54, 1.807) is 13.0 Å². The van der Waals surface area contributed by atoms with Crippen LogP contribution in [0.5, 0.6) is 0 Å².